The molecule has 1 heterocycles. The summed E-state index contributed by atoms with van der Waals surface area (Å²) in [7, 11) is 0. The molecule has 0 unspecified atom stereocenters. The molecule has 3 rings (SSSR count). The first-order chi connectivity index (χ1) is 7.75. The van der Waals surface area contributed by atoms with Gasteiger partial charge in [-0.2, -0.15) is 0 Å². The van der Waals surface area contributed by atoms with E-state index in [9.17, 15) is 4.79 Å². The van der Waals surface area contributed by atoms with E-state index in [0.717, 1.165) is 15.2 Å². The van der Waals surface area contributed by atoms with Crippen LogP contribution in [0.3, 0.4) is 0 Å². The van der Waals surface area contributed by atoms with Crippen molar-refractivity contribution in [1.29, 1.82) is 0 Å². The first-order valence-electron chi connectivity index (χ1n) is 4.87. The molecule has 0 aliphatic rings. The molecule has 0 aliphatic heterocycles. The van der Waals surface area contributed by atoms with Crippen molar-refractivity contribution in [3.05, 3.63) is 57.4 Å². The van der Waals surface area contributed by atoms with Crippen LogP contribution in [0.4, 0.5) is 0 Å². The van der Waals surface area contributed by atoms with Gasteiger partial charge in [0.2, 0.25) is 0 Å². The molecular formula is C13H7BrO2. The van der Waals surface area contributed by atoms with Gasteiger partial charge in [0.1, 0.15) is 5.58 Å². The molecule has 0 saturated carbocycles. The average Bonchev–Trinajstić information content (AvgIpc) is 2.29. The van der Waals surface area contributed by atoms with Gasteiger partial charge in [0, 0.05) is 9.86 Å². The molecule has 16 heavy (non-hydrogen) atoms. The lowest BCUT2D eigenvalue weighted by Crippen LogP contribution is -1.99. The maximum atomic E-state index is 11.7. The Morgan fingerprint density at radius 3 is 2.50 bits per heavy atom. The molecule has 0 N–H and O–H groups in total. The van der Waals surface area contributed by atoms with E-state index in [2.05, 4.69) is 15.9 Å². The van der Waals surface area contributed by atoms with Crippen LogP contribution in [0.1, 0.15) is 0 Å². The summed E-state index contributed by atoms with van der Waals surface area (Å²) in [5.41, 5.74) is 0.319. The van der Waals surface area contributed by atoms with Gasteiger partial charge >= 0.3 is 5.63 Å². The Labute approximate surface area is 99.6 Å². The van der Waals surface area contributed by atoms with Crippen LogP contribution in [0.15, 0.2) is 56.1 Å². The summed E-state index contributed by atoms with van der Waals surface area (Å²) in [6.45, 7) is 0. The summed E-state index contributed by atoms with van der Waals surface area (Å²) in [5.74, 6) is 0. The van der Waals surface area contributed by atoms with E-state index < -0.39 is 0 Å². The van der Waals surface area contributed by atoms with Crippen LogP contribution in [-0.2, 0) is 0 Å². The minimum absolute atomic E-state index is 0.291. The molecule has 0 aliphatic carbocycles. The first-order valence-corrected chi connectivity index (χ1v) is 5.66. The van der Waals surface area contributed by atoms with Crippen molar-refractivity contribution in [1.82, 2.24) is 0 Å². The van der Waals surface area contributed by atoms with E-state index in [1.54, 1.807) is 6.07 Å². The lowest BCUT2D eigenvalue weighted by atomic mass is 10.1. The number of hydrogen-bond donors (Lipinski definition) is 0. The molecule has 0 fully saturated rings. The first kappa shape index (κ1) is 9.60. The third kappa shape index (κ3) is 1.36. The molecule has 0 saturated heterocycles. The maximum Gasteiger partial charge on any atom is 0.344 e. The fraction of sp³-hybridized carbons (Fsp3) is 0. The lowest BCUT2D eigenvalue weighted by Gasteiger charge is -2.01. The van der Waals surface area contributed by atoms with E-state index in [-0.39, 0.29) is 5.63 Å². The molecule has 0 amide bonds. The Morgan fingerprint density at radius 1 is 0.938 bits per heavy atom. The predicted octanol–water partition coefficient (Wildman–Crippen LogP) is 3.71. The zero-order chi connectivity index (χ0) is 11.1. The fourth-order valence-corrected chi connectivity index (χ4v) is 2.19. The summed E-state index contributed by atoms with van der Waals surface area (Å²) in [5, 5.41) is 2.51. The predicted molar refractivity (Wildman–Crippen MR) is 67.7 cm³/mol. The second-order valence-electron chi connectivity index (χ2n) is 3.58. The molecular weight excluding hydrogens is 268 g/mol. The minimum Gasteiger partial charge on any atom is -0.422 e. The van der Waals surface area contributed by atoms with E-state index in [4.69, 9.17) is 4.42 Å². The highest BCUT2D eigenvalue weighted by molar-refractivity contribution is 9.10. The Hall–Kier alpha value is -1.61. The topological polar surface area (TPSA) is 30.2 Å². The van der Waals surface area contributed by atoms with Crippen LogP contribution >= 0.6 is 15.9 Å². The van der Waals surface area contributed by atoms with Gasteiger partial charge in [0.15, 0.2) is 0 Å². The van der Waals surface area contributed by atoms with Crippen LogP contribution in [0.5, 0.6) is 0 Å². The fourth-order valence-electron chi connectivity index (χ4n) is 1.85. The Kier molecular flexibility index (Phi) is 2.07. The molecule has 3 heteroatoms. The van der Waals surface area contributed by atoms with Crippen molar-refractivity contribution >= 4 is 37.7 Å². The quantitative estimate of drug-likeness (QED) is 0.462. The summed E-state index contributed by atoms with van der Waals surface area (Å²) < 4.78 is 6.17. The van der Waals surface area contributed by atoms with Crippen LogP contribution in [0.25, 0.3) is 21.7 Å². The molecule has 0 spiro atoms. The molecule has 0 radical (unpaired) electrons. The van der Waals surface area contributed by atoms with Gasteiger partial charge in [0.25, 0.3) is 0 Å². The monoisotopic (exact) mass is 274 g/mol. The standard InChI is InChI=1S/C13H7BrO2/c14-8-5-6-10-9-3-1-2-4-11(9)13(15)16-12(10)7-8/h1-7H. The van der Waals surface area contributed by atoms with Gasteiger partial charge in [-0.1, -0.05) is 34.1 Å². The third-order valence-electron chi connectivity index (χ3n) is 2.58. The van der Waals surface area contributed by atoms with E-state index >= 15 is 0 Å². The highest BCUT2D eigenvalue weighted by Crippen LogP contribution is 2.25. The summed E-state index contributed by atoms with van der Waals surface area (Å²) in [6.07, 6.45) is 0. The van der Waals surface area contributed by atoms with Crippen LogP contribution < -0.4 is 5.63 Å². The Morgan fingerprint density at radius 2 is 1.69 bits per heavy atom. The molecule has 2 nitrogen and oxygen atoms in total. The summed E-state index contributed by atoms with van der Waals surface area (Å²) >= 11 is 3.36. The molecule has 1 aromatic heterocycles. The number of fused-ring (bicyclic) bond motifs is 3. The smallest absolute Gasteiger partial charge is 0.344 e. The van der Waals surface area contributed by atoms with Gasteiger partial charge < -0.3 is 4.42 Å². The third-order valence-corrected chi connectivity index (χ3v) is 3.08. The van der Waals surface area contributed by atoms with Gasteiger partial charge in [-0.25, -0.2) is 4.79 Å². The number of rotatable bonds is 0. The highest BCUT2D eigenvalue weighted by atomic mass is 79.9. The van der Waals surface area contributed by atoms with Crippen molar-refractivity contribution in [3.8, 4) is 0 Å². The number of halogens is 1. The Balaban J connectivity index is 2.64. The molecule has 3 aromatic rings. The van der Waals surface area contributed by atoms with Crippen molar-refractivity contribution in [2.45, 2.75) is 0 Å². The zero-order valence-electron chi connectivity index (χ0n) is 8.24. The molecule has 2 aromatic carbocycles. The average molecular weight is 275 g/mol. The Bertz CT molecular complexity index is 744. The van der Waals surface area contributed by atoms with Crippen molar-refractivity contribution < 1.29 is 4.42 Å². The second-order valence-corrected chi connectivity index (χ2v) is 4.49. The van der Waals surface area contributed by atoms with Gasteiger partial charge in [-0.15, -0.1) is 0 Å². The maximum absolute atomic E-state index is 11.7. The van der Waals surface area contributed by atoms with Gasteiger partial charge in [0.05, 0.1) is 5.39 Å². The molecule has 78 valence electrons. The highest BCUT2D eigenvalue weighted by Gasteiger charge is 2.06. The summed E-state index contributed by atoms with van der Waals surface area (Å²) in [4.78, 5) is 11.7. The van der Waals surface area contributed by atoms with Crippen LogP contribution in [0.2, 0.25) is 0 Å². The lowest BCUT2D eigenvalue weighted by molar-refractivity contribution is 0.569. The number of benzene rings is 2. The summed E-state index contributed by atoms with van der Waals surface area (Å²) in [6, 6.07) is 13.2. The van der Waals surface area contributed by atoms with E-state index in [1.807, 2.05) is 36.4 Å². The van der Waals surface area contributed by atoms with Crippen molar-refractivity contribution in [3.63, 3.8) is 0 Å². The zero-order valence-corrected chi connectivity index (χ0v) is 9.82. The van der Waals surface area contributed by atoms with Crippen molar-refractivity contribution in [2.24, 2.45) is 0 Å². The largest absolute Gasteiger partial charge is 0.422 e. The minimum atomic E-state index is -0.291. The van der Waals surface area contributed by atoms with Gasteiger partial charge in [-0.3, -0.25) is 0 Å². The van der Waals surface area contributed by atoms with Crippen LogP contribution in [-0.4, -0.2) is 0 Å². The van der Waals surface area contributed by atoms with Gasteiger partial charge in [-0.05, 0) is 29.7 Å². The molecule has 0 bridgehead atoms. The SMILES string of the molecule is O=c1oc2cc(Br)ccc2c2ccccc12. The normalized spacial score (nSPS) is 11.1. The van der Waals surface area contributed by atoms with Crippen LogP contribution in [0, 0.1) is 0 Å². The second kappa shape index (κ2) is 3.46. The van der Waals surface area contributed by atoms with Crippen molar-refractivity contribution in [2.75, 3.05) is 0 Å². The molecule has 0 atom stereocenters. The van der Waals surface area contributed by atoms with E-state index in [1.165, 1.54) is 0 Å². The van der Waals surface area contributed by atoms with E-state index in [0.29, 0.717) is 11.0 Å². The number of hydrogen-bond acceptors (Lipinski definition) is 2.